The third-order valence-corrected chi connectivity index (χ3v) is 4.04. The third-order valence-electron chi connectivity index (χ3n) is 4.04. The molecule has 0 aliphatic heterocycles. The van der Waals surface area contributed by atoms with Gasteiger partial charge in [-0.3, -0.25) is 9.59 Å². The number of ketones is 1. The van der Waals surface area contributed by atoms with E-state index in [2.05, 4.69) is 0 Å². The van der Waals surface area contributed by atoms with Crippen LogP contribution in [0.3, 0.4) is 0 Å². The van der Waals surface area contributed by atoms with E-state index in [0.717, 1.165) is 25.7 Å². The number of carbonyl (C=O) groups is 2. The van der Waals surface area contributed by atoms with Crippen molar-refractivity contribution in [1.29, 1.82) is 0 Å². The predicted molar refractivity (Wildman–Crippen MR) is 55.4 cm³/mol. The molecule has 3 heteroatoms. The highest BCUT2D eigenvalue weighted by Crippen LogP contribution is 2.49. The van der Waals surface area contributed by atoms with Gasteiger partial charge in [0, 0.05) is 11.3 Å². The molecule has 0 atom stereocenters. The van der Waals surface area contributed by atoms with Gasteiger partial charge < -0.3 is 5.11 Å². The normalized spacial score (nSPS) is 33.4. The van der Waals surface area contributed by atoms with Crippen LogP contribution in [0.25, 0.3) is 0 Å². The number of Topliss-reactive ketones (excluding diaryl/α,β-unsaturated/α-hetero) is 1. The lowest BCUT2D eigenvalue weighted by molar-refractivity contribution is -0.144. The fourth-order valence-corrected chi connectivity index (χ4v) is 2.53. The highest BCUT2D eigenvalue weighted by molar-refractivity contribution is 5.89. The van der Waals surface area contributed by atoms with Crippen molar-refractivity contribution in [2.24, 2.45) is 17.3 Å². The number of carboxylic acids is 1. The van der Waals surface area contributed by atoms with Crippen LogP contribution in [0.1, 0.15) is 45.4 Å². The van der Waals surface area contributed by atoms with E-state index >= 15 is 0 Å². The van der Waals surface area contributed by atoms with Crippen molar-refractivity contribution >= 4 is 11.8 Å². The van der Waals surface area contributed by atoms with Gasteiger partial charge >= 0.3 is 5.97 Å². The van der Waals surface area contributed by atoms with Gasteiger partial charge in [-0.2, -0.15) is 0 Å². The minimum absolute atomic E-state index is 0.0409. The van der Waals surface area contributed by atoms with Crippen molar-refractivity contribution in [3.63, 3.8) is 0 Å². The molecule has 2 fully saturated rings. The Morgan fingerprint density at radius 3 is 1.93 bits per heavy atom. The molecule has 0 bridgehead atoms. The summed E-state index contributed by atoms with van der Waals surface area (Å²) in [5.74, 6) is -0.362. The second kappa shape index (κ2) is 3.62. The van der Waals surface area contributed by atoms with Crippen molar-refractivity contribution in [3.8, 4) is 0 Å². The van der Waals surface area contributed by atoms with Gasteiger partial charge in [0.15, 0.2) is 0 Å². The van der Waals surface area contributed by atoms with Crippen LogP contribution in [0.2, 0.25) is 0 Å². The van der Waals surface area contributed by atoms with Gasteiger partial charge in [-0.15, -0.1) is 0 Å². The highest BCUT2D eigenvalue weighted by Gasteiger charge is 2.47. The zero-order chi connectivity index (χ0) is 11.1. The maximum Gasteiger partial charge on any atom is 0.306 e. The van der Waals surface area contributed by atoms with Crippen LogP contribution in [-0.4, -0.2) is 16.9 Å². The Kier molecular flexibility index (Phi) is 2.57. The van der Waals surface area contributed by atoms with E-state index in [9.17, 15) is 9.59 Å². The van der Waals surface area contributed by atoms with E-state index in [1.807, 2.05) is 6.92 Å². The van der Waals surface area contributed by atoms with Crippen molar-refractivity contribution in [3.05, 3.63) is 0 Å². The van der Waals surface area contributed by atoms with Crippen molar-refractivity contribution < 1.29 is 14.7 Å². The molecule has 0 heterocycles. The van der Waals surface area contributed by atoms with Gasteiger partial charge in [0.2, 0.25) is 0 Å². The summed E-state index contributed by atoms with van der Waals surface area (Å²) in [6.07, 6.45) is 5.00. The molecule has 0 aromatic heterocycles. The second-order valence-electron chi connectivity index (χ2n) is 5.31. The molecule has 2 aliphatic carbocycles. The van der Waals surface area contributed by atoms with Crippen LogP contribution >= 0.6 is 0 Å². The van der Waals surface area contributed by atoms with E-state index in [1.165, 1.54) is 0 Å². The number of rotatable bonds is 3. The molecule has 2 aliphatic rings. The average Bonchev–Trinajstić information content (AvgIpc) is 2.97. The number of hydrogen-bond donors (Lipinski definition) is 1. The predicted octanol–water partition coefficient (Wildman–Crippen LogP) is 2.25. The quantitative estimate of drug-likeness (QED) is 0.777. The Balaban J connectivity index is 1.88. The van der Waals surface area contributed by atoms with Gasteiger partial charge in [0.1, 0.15) is 5.78 Å². The van der Waals surface area contributed by atoms with Crippen LogP contribution in [0, 0.1) is 17.3 Å². The molecule has 0 unspecified atom stereocenters. The maximum absolute atomic E-state index is 12.0. The maximum atomic E-state index is 12.0. The molecule has 2 rings (SSSR count). The Morgan fingerprint density at radius 2 is 1.53 bits per heavy atom. The van der Waals surface area contributed by atoms with Gasteiger partial charge in [-0.25, -0.2) is 0 Å². The zero-order valence-corrected chi connectivity index (χ0v) is 9.16. The van der Waals surface area contributed by atoms with Crippen LogP contribution in [0.4, 0.5) is 0 Å². The summed E-state index contributed by atoms with van der Waals surface area (Å²) in [4.78, 5) is 22.8. The number of carbonyl (C=O) groups excluding carboxylic acids is 1. The molecular formula is C12H18O3. The van der Waals surface area contributed by atoms with E-state index in [1.54, 1.807) is 0 Å². The lowest BCUT2D eigenvalue weighted by Gasteiger charge is -2.26. The summed E-state index contributed by atoms with van der Waals surface area (Å²) >= 11 is 0. The Hall–Kier alpha value is -0.860. The van der Waals surface area contributed by atoms with Crippen molar-refractivity contribution in [1.82, 2.24) is 0 Å². The minimum Gasteiger partial charge on any atom is -0.481 e. The number of aliphatic carboxylic acids is 1. The molecule has 0 saturated heterocycles. The first-order valence-electron chi connectivity index (χ1n) is 5.80. The molecule has 0 aromatic rings. The number of hydrogen-bond acceptors (Lipinski definition) is 2. The second-order valence-corrected chi connectivity index (χ2v) is 5.31. The van der Waals surface area contributed by atoms with Gasteiger partial charge in [0.25, 0.3) is 0 Å². The minimum atomic E-state index is -0.696. The first-order valence-corrected chi connectivity index (χ1v) is 5.80. The van der Waals surface area contributed by atoms with Crippen LogP contribution < -0.4 is 0 Å². The summed E-state index contributed by atoms with van der Waals surface area (Å²) in [6.45, 7) is 2.04. The summed E-state index contributed by atoms with van der Waals surface area (Å²) < 4.78 is 0. The summed E-state index contributed by atoms with van der Waals surface area (Å²) in [5.41, 5.74) is -0.0409. The van der Waals surface area contributed by atoms with E-state index < -0.39 is 5.97 Å². The number of carboxylic acid groups (broad SMARTS) is 1. The Labute approximate surface area is 89.9 Å². The molecule has 15 heavy (non-hydrogen) atoms. The molecule has 0 amide bonds. The fraction of sp³-hybridized carbons (Fsp3) is 0.833. The van der Waals surface area contributed by atoms with Crippen LogP contribution in [0.5, 0.6) is 0 Å². The summed E-state index contributed by atoms with van der Waals surface area (Å²) in [6, 6.07) is 0. The summed E-state index contributed by atoms with van der Waals surface area (Å²) in [7, 11) is 0. The molecule has 0 spiro atoms. The third kappa shape index (κ3) is 2.06. The largest absolute Gasteiger partial charge is 0.481 e. The first kappa shape index (κ1) is 10.7. The summed E-state index contributed by atoms with van der Waals surface area (Å²) in [5, 5.41) is 8.85. The molecule has 1 N–H and O–H groups in total. The van der Waals surface area contributed by atoms with Crippen molar-refractivity contribution in [2.45, 2.75) is 45.4 Å². The molecule has 0 radical (unpaired) electrons. The Morgan fingerprint density at radius 1 is 1.07 bits per heavy atom. The lowest BCUT2D eigenvalue weighted by atomic mass is 9.77. The molecule has 2 saturated carbocycles. The molecular weight excluding hydrogens is 192 g/mol. The average molecular weight is 210 g/mol. The molecule has 0 aromatic carbocycles. The monoisotopic (exact) mass is 210 g/mol. The molecule has 84 valence electrons. The standard InChI is InChI=1S/C12H18O3/c1-12(6-7-12)10(13)8-2-4-9(5-3-8)11(14)15/h8-9H,2-7H2,1H3,(H,14,15). The Bertz CT molecular complexity index is 283. The smallest absolute Gasteiger partial charge is 0.306 e. The highest BCUT2D eigenvalue weighted by atomic mass is 16.4. The topological polar surface area (TPSA) is 54.4 Å². The SMILES string of the molecule is CC1(C(=O)C2CCC(C(=O)O)CC2)CC1. The van der Waals surface area contributed by atoms with Crippen LogP contribution in [0.15, 0.2) is 0 Å². The lowest BCUT2D eigenvalue weighted by Crippen LogP contribution is -2.29. The van der Waals surface area contributed by atoms with Gasteiger partial charge in [-0.1, -0.05) is 6.92 Å². The molecule has 3 nitrogen and oxygen atoms in total. The fourth-order valence-electron chi connectivity index (χ4n) is 2.53. The van der Waals surface area contributed by atoms with E-state index in [4.69, 9.17) is 5.11 Å². The van der Waals surface area contributed by atoms with Gasteiger partial charge in [-0.05, 0) is 38.5 Å². The van der Waals surface area contributed by atoms with E-state index in [0.29, 0.717) is 18.6 Å². The van der Waals surface area contributed by atoms with Crippen LogP contribution in [-0.2, 0) is 9.59 Å². The zero-order valence-electron chi connectivity index (χ0n) is 9.16. The van der Waals surface area contributed by atoms with E-state index in [-0.39, 0.29) is 17.3 Å². The first-order chi connectivity index (χ1) is 7.03. The van der Waals surface area contributed by atoms with Crippen molar-refractivity contribution in [2.75, 3.05) is 0 Å². The van der Waals surface area contributed by atoms with Gasteiger partial charge in [0.05, 0.1) is 5.92 Å².